The summed E-state index contributed by atoms with van der Waals surface area (Å²) in [5.41, 5.74) is 2.96. The molecule has 2 aliphatic heterocycles. The minimum atomic E-state index is -0.588. The van der Waals surface area contributed by atoms with Crippen LogP contribution in [0.1, 0.15) is 39.0 Å². The molecule has 7 rings (SSSR count). The van der Waals surface area contributed by atoms with E-state index in [9.17, 15) is 9.59 Å². The van der Waals surface area contributed by atoms with Crippen molar-refractivity contribution in [2.24, 2.45) is 11.8 Å². The molecule has 0 radical (unpaired) electrons. The largest absolute Gasteiger partial charge is 0.493 e. The summed E-state index contributed by atoms with van der Waals surface area (Å²) in [5, 5.41) is 8.09. The van der Waals surface area contributed by atoms with Gasteiger partial charge in [0.1, 0.15) is 0 Å². The van der Waals surface area contributed by atoms with Crippen LogP contribution in [0, 0.1) is 11.8 Å². The molecule has 1 amide bonds. The van der Waals surface area contributed by atoms with Crippen LogP contribution in [0.3, 0.4) is 0 Å². The topological polar surface area (TPSA) is 114 Å². The maximum absolute atomic E-state index is 13.5. The van der Waals surface area contributed by atoms with Crippen molar-refractivity contribution in [2.45, 2.75) is 12.0 Å². The smallest absolute Gasteiger partial charge is 0.310 e. The van der Waals surface area contributed by atoms with Gasteiger partial charge in [0.15, 0.2) is 28.1 Å². The van der Waals surface area contributed by atoms with Gasteiger partial charge < -0.3 is 33.7 Å². The number of methoxy groups -OCH3 is 3. The van der Waals surface area contributed by atoms with Gasteiger partial charge in [-0.25, -0.2) is 0 Å². The SMILES string of the molecule is COc1cc([C@@H]2c3cc4c(cc3[C@@H](NC(=S)NC(=O)c3cccc5ccccc35)[C@H]3COC(=O)[C@H]23)OCO4)cc(OC)c1OC. The van der Waals surface area contributed by atoms with Crippen molar-refractivity contribution in [2.75, 3.05) is 34.7 Å². The first kappa shape index (κ1) is 28.7. The Balaban J connectivity index is 1.28. The number of rotatable bonds is 6. The number of nitrogens with one attached hydrogen (secondary N) is 2. The molecule has 4 aromatic carbocycles. The first-order chi connectivity index (χ1) is 21.9. The van der Waals surface area contributed by atoms with E-state index in [4.69, 9.17) is 40.6 Å². The zero-order valence-corrected chi connectivity index (χ0v) is 25.6. The first-order valence-electron chi connectivity index (χ1n) is 14.4. The van der Waals surface area contributed by atoms with E-state index in [1.54, 1.807) is 27.4 Å². The van der Waals surface area contributed by atoms with Crippen LogP contribution >= 0.6 is 12.2 Å². The summed E-state index contributed by atoms with van der Waals surface area (Å²) in [7, 11) is 4.64. The second kappa shape index (κ2) is 11.5. The highest BCUT2D eigenvalue weighted by Crippen LogP contribution is 2.55. The normalized spacial score (nSPS) is 20.9. The predicted molar refractivity (Wildman–Crippen MR) is 168 cm³/mol. The molecule has 1 saturated heterocycles. The van der Waals surface area contributed by atoms with E-state index in [2.05, 4.69) is 10.6 Å². The lowest BCUT2D eigenvalue weighted by Crippen LogP contribution is -2.47. The maximum atomic E-state index is 13.5. The second-order valence-corrected chi connectivity index (χ2v) is 11.4. The molecule has 10 nitrogen and oxygen atoms in total. The number of cyclic esters (lactones) is 1. The fraction of sp³-hybridized carbons (Fsp3) is 0.265. The monoisotopic (exact) mass is 626 g/mol. The summed E-state index contributed by atoms with van der Waals surface area (Å²) in [6, 6.07) is 20.3. The summed E-state index contributed by atoms with van der Waals surface area (Å²) in [6.07, 6.45) is 0. The van der Waals surface area contributed by atoms with Gasteiger partial charge in [-0.05, 0) is 70.0 Å². The van der Waals surface area contributed by atoms with E-state index < -0.39 is 17.9 Å². The molecule has 0 unspecified atom stereocenters. The van der Waals surface area contributed by atoms with E-state index in [0.29, 0.717) is 34.3 Å². The van der Waals surface area contributed by atoms with Crippen molar-refractivity contribution in [1.82, 2.24) is 10.6 Å². The molecule has 230 valence electrons. The second-order valence-electron chi connectivity index (χ2n) is 11.0. The number of carbonyl (C=O) groups is 2. The highest BCUT2D eigenvalue weighted by Gasteiger charge is 2.53. The summed E-state index contributed by atoms with van der Waals surface area (Å²) in [6.45, 7) is 0.245. The number of ether oxygens (including phenoxy) is 6. The molecule has 0 aromatic heterocycles. The lowest BCUT2D eigenvalue weighted by atomic mass is 9.65. The number of benzene rings is 4. The zero-order chi connectivity index (χ0) is 31.2. The van der Waals surface area contributed by atoms with E-state index in [0.717, 1.165) is 27.5 Å². The van der Waals surface area contributed by atoms with Crippen molar-refractivity contribution >= 4 is 40.0 Å². The number of esters is 1. The molecule has 3 aliphatic rings. The third-order valence-corrected chi connectivity index (χ3v) is 9.00. The molecule has 4 atom stereocenters. The number of carbonyl (C=O) groups excluding carboxylic acids is 2. The maximum Gasteiger partial charge on any atom is 0.310 e. The number of thiocarbonyl (C=S) groups is 1. The third kappa shape index (κ3) is 4.83. The average molecular weight is 627 g/mol. The van der Waals surface area contributed by atoms with E-state index >= 15 is 0 Å². The standard InChI is InChI=1S/C34H30N2O8S/c1-39-26-11-18(12-27(40-2)31(26)41-3)28-21-13-24-25(44-16-43-24)14-22(21)30(23-15-42-33(38)29(23)28)35-34(45)36-32(37)20-10-6-8-17-7-4-5-9-19(17)20/h4-14,23,28-30H,15-16H2,1-3H3,(H2,35,36,37,45)/t23-,28+,29-,30+/m0/s1. The molecule has 0 spiro atoms. The van der Waals surface area contributed by atoms with Crippen LogP contribution in [0.2, 0.25) is 0 Å². The Bertz CT molecular complexity index is 1830. The van der Waals surface area contributed by atoms with Gasteiger partial charge in [0.05, 0.1) is 39.9 Å². The van der Waals surface area contributed by atoms with Crippen molar-refractivity contribution in [1.29, 1.82) is 0 Å². The highest BCUT2D eigenvalue weighted by atomic mass is 32.1. The molecule has 2 N–H and O–H groups in total. The van der Waals surface area contributed by atoms with Crippen LogP contribution < -0.4 is 34.3 Å². The van der Waals surface area contributed by atoms with Crippen LogP contribution in [0.4, 0.5) is 0 Å². The van der Waals surface area contributed by atoms with Gasteiger partial charge in [-0.3, -0.25) is 14.9 Å². The molecule has 2 heterocycles. The van der Waals surface area contributed by atoms with Crippen LogP contribution in [0.15, 0.2) is 66.7 Å². The minimum Gasteiger partial charge on any atom is -0.493 e. The number of hydrogen-bond acceptors (Lipinski definition) is 9. The van der Waals surface area contributed by atoms with Gasteiger partial charge in [-0.1, -0.05) is 36.4 Å². The minimum absolute atomic E-state index is 0.0829. The fourth-order valence-corrected chi connectivity index (χ4v) is 7.02. The van der Waals surface area contributed by atoms with Gasteiger partial charge in [0.25, 0.3) is 5.91 Å². The number of amides is 1. The Morgan fingerprint density at radius 2 is 1.56 bits per heavy atom. The predicted octanol–water partition coefficient (Wildman–Crippen LogP) is 4.87. The van der Waals surface area contributed by atoms with E-state index in [1.165, 1.54) is 0 Å². The molecule has 1 fully saturated rings. The number of fused-ring (bicyclic) bond motifs is 4. The van der Waals surface area contributed by atoms with Crippen LogP contribution in [0.25, 0.3) is 10.8 Å². The lowest BCUT2D eigenvalue weighted by Gasteiger charge is -2.40. The molecule has 45 heavy (non-hydrogen) atoms. The quantitative estimate of drug-likeness (QED) is 0.227. The zero-order valence-electron chi connectivity index (χ0n) is 24.7. The lowest BCUT2D eigenvalue weighted by molar-refractivity contribution is -0.141. The van der Waals surface area contributed by atoms with Gasteiger partial charge >= 0.3 is 5.97 Å². The average Bonchev–Trinajstić information content (AvgIpc) is 3.68. The number of hydrogen-bond donors (Lipinski definition) is 2. The van der Waals surface area contributed by atoms with Crippen LogP contribution in [-0.2, 0) is 9.53 Å². The summed E-state index contributed by atoms with van der Waals surface area (Å²) >= 11 is 5.70. The Hall–Kier alpha value is -5.03. The molecule has 0 bridgehead atoms. The molecule has 11 heteroatoms. The van der Waals surface area contributed by atoms with E-state index in [-0.39, 0.29) is 36.3 Å². The fourth-order valence-electron chi connectivity index (χ4n) is 6.80. The third-order valence-electron chi connectivity index (χ3n) is 8.78. The van der Waals surface area contributed by atoms with Crippen molar-refractivity contribution < 1.29 is 38.0 Å². The Kier molecular flexibility index (Phi) is 7.33. The van der Waals surface area contributed by atoms with Crippen molar-refractivity contribution in [3.8, 4) is 28.7 Å². The summed E-state index contributed by atoms with van der Waals surface area (Å²) in [4.78, 5) is 26.9. The van der Waals surface area contributed by atoms with Crippen LogP contribution in [-0.4, -0.2) is 51.7 Å². The Labute approximate surface area is 264 Å². The Morgan fingerprint density at radius 1 is 0.867 bits per heavy atom. The van der Waals surface area contributed by atoms with Crippen molar-refractivity contribution in [3.63, 3.8) is 0 Å². The molecular formula is C34H30N2O8S. The summed E-state index contributed by atoms with van der Waals surface area (Å²) in [5.74, 6) is 0.500. The first-order valence-corrected chi connectivity index (χ1v) is 14.8. The molecule has 1 aliphatic carbocycles. The van der Waals surface area contributed by atoms with Crippen molar-refractivity contribution in [3.05, 3.63) is 89.0 Å². The van der Waals surface area contributed by atoms with Gasteiger partial charge in [0.2, 0.25) is 12.5 Å². The molecular weight excluding hydrogens is 596 g/mol. The Morgan fingerprint density at radius 3 is 2.27 bits per heavy atom. The molecule has 0 saturated carbocycles. The van der Waals surface area contributed by atoms with E-state index in [1.807, 2.05) is 60.7 Å². The van der Waals surface area contributed by atoms with Gasteiger partial charge in [0, 0.05) is 17.4 Å². The van der Waals surface area contributed by atoms with Gasteiger partial charge in [-0.15, -0.1) is 0 Å². The molecule has 4 aromatic rings. The van der Waals surface area contributed by atoms with Crippen LogP contribution in [0.5, 0.6) is 28.7 Å². The highest BCUT2D eigenvalue weighted by molar-refractivity contribution is 7.80. The van der Waals surface area contributed by atoms with Gasteiger partial charge in [-0.2, -0.15) is 0 Å². The summed E-state index contributed by atoms with van der Waals surface area (Å²) < 4.78 is 34.0.